The van der Waals surface area contributed by atoms with E-state index in [2.05, 4.69) is 5.32 Å². The Kier molecular flexibility index (Phi) is 4.89. The van der Waals surface area contributed by atoms with Crippen molar-refractivity contribution < 1.29 is 19.1 Å². The number of benzene rings is 1. The minimum Gasteiger partial charge on any atom is -0.466 e. The van der Waals surface area contributed by atoms with E-state index in [-0.39, 0.29) is 0 Å². The first-order chi connectivity index (χ1) is 10.9. The smallest absolute Gasteiger partial charge is 0.336 e. The maximum absolute atomic E-state index is 12.3. The summed E-state index contributed by atoms with van der Waals surface area (Å²) in [4.78, 5) is 24.7. The summed E-state index contributed by atoms with van der Waals surface area (Å²) in [5, 5.41) is 3.09. The molecule has 5 heteroatoms. The van der Waals surface area contributed by atoms with Crippen molar-refractivity contribution in [3.63, 3.8) is 0 Å². The Bertz CT molecular complexity index is 677. The fraction of sp³-hybridized carbons (Fsp3) is 0.333. The van der Waals surface area contributed by atoms with E-state index in [1.807, 2.05) is 31.2 Å². The molecule has 1 heterocycles. The topological polar surface area (TPSA) is 64.6 Å². The minimum atomic E-state index is -0.516. The first-order valence-electron chi connectivity index (χ1n) is 7.33. The maximum atomic E-state index is 12.3. The van der Waals surface area contributed by atoms with Gasteiger partial charge in [0.15, 0.2) is 0 Å². The van der Waals surface area contributed by atoms with E-state index in [0.717, 1.165) is 11.1 Å². The summed E-state index contributed by atoms with van der Waals surface area (Å²) in [6.07, 6.45) is 0. The molecule has 2 rings (SSSR count). The summed E-state index contributed by atoms with van der Waals surface area (Å²) in [5.74, 6) is -1.44. The van der Waals surface area contributed by atoms with E-state index < -0.39 is 17.9 Å². The van der Waals surface area contributed by atoms with E-state index in [0.29, 0.717) is 22.5 Å². The second-order valence-electron chi connectivity index (χ2n) is 5.48. The number of carbonyl (C=O) groups excluding carboxylic acids is 2. The molecular weight excluding hydrogens is 294 g/mol. The van der Waals surface area contributed by atoms with Crippen molar-refractivity contribution in [1.29, 1.82) is 0 Å². The van der Waals surface area contributed by atoms with Crippen molar-refractivity contribution in [2.75, 3.05) is 14.2 Å². The number of methoxy groups -OCH3 is 2. The van der Waals surface area contributed by atoms with Crippen LogP contribution in [0.5, 0.6) is 0 Å². The number of ether oxygens (including phenoxy) is 2. The third-order valence-corrected chi connectivity index (χ3v) is 4.07. The fourth-order valence-electron chi connectivity index (χ4n) is 2.98. The Balaban J connectivity index is 2.73. The van der Waals surface area contributed by atoms with Gasteiger partial charge in [-0.1, -0.05) is 24.3 Å². The normalized spacial score (nSPS) is 15.3. The zero-order valence-electron chi connectivity index (χ0n) is 14.0. The summed E-state index contributed by atoms with van der Waals surface area (Å²) in [7, 11) is 2.67. The van der Waals surface area contributed by atoms with Crippen LogP contribution in [-0.4, -0.2) is 26.2 Å². The Hall–Kier alpha value is -2.56. The van der Waals surface area contributed by atoms with E-state index in [4.69, 9.17) is 9.47 Å². The van der Waals surface area contributed by atoms with Gasteiger partial charge in [0, 0.05) is 11.4 Å². The second kappa shape index (κ2) is 6.69. The van der Waals surface area contributed by atoms with Crippen molar-refractivity contribution in [2.45, 2.75) is 26.7 Å². The lowest BCUT2D eigenvalue weighted by Crippen LogP contribution is -2.32. The highest BCUT2D eigenvalue weighted by atomic mass is 16.5. The number of hydrogen-bond donors (Lipinski definition) is 1. The number of aryl methyl sites for hydroxylation is 1. The van der Waals surface area contributed by atoms with Gasteiger partial charge in [-0.3, -0.25) is 0 Å². The molecule has 1 N–H and O–H groups in total. The zero-order chi connectivity index (χ0) is 17.1. The van der Waals surface area contributed by atoms with Crippen molar-refractivity contribution in [2.24, 2.45) is 0 Å². The van der Waals surface area contributed by atoms with Gasteiger partial charge < -0.3 is 14.8 Å². The van der Waals surface area contributed by atoms with Crippen LogP contribution < -0.4 is 5.32 Å². The Labute approximate surface area is 136 Å². The molecule has 1 aromatic carbocycles. The highest BCUT2D eigenvalue weighted by molar-refractivity contribution is 5.99. The molecule has 0 amide bonds. The molecule has 0 saturated carbocycles. The van der Waals surface area contributed by atoms with Gasteiger partial charge in [-0.05, 0) is 31.9 Å². The number of nitrogens with one attached hydrogen (secondary N) is 1. The molecular formula is C18H21NO4. The van der Waals surface area contributed by atoms with Gasteiger partial charge in [-0.25, -0.2) is 9.59 Å². The van der Waals surface area contributed by atoms with Gasteiger partial charge in [0.25, 0.3) is 0 Å². The first-order valence-corrected chi connectivity index (χ1v) is 7.33. The average molecular weight is 315 g/mol. The van der Waals surface area contributed by atoms with Crippen LogP contribution in [0.4, 0.5) is 0 Å². The average Bonchev–Trinajstić information content (AvgIpc) is 2.53. The molecule has 0 aliphatic carbocycles. The van der Waals surface area contributed by atoms with E-state index in [9.17, 15) is 9.59 Å². The van der Waals surface area contributed by atoms with Gasteiger partial charge in [0.2, 0.25) is 0 Å². The van der Waals surface area contributed by atoms with E-state index in [1.165, 1.54) is 14.2 Å². The molecule has 0 fully saturated rings. The van der Waals surface area contributed by atoms with Crippen molar-refractivity contribution in [1.82, 2.24) is 5.32 Å². The summed E-state index contributed by atoms with van der Waals surface area (Å²) >= 11 is 0. The molecule has 0 radical (unpaired) electrons. The first kappa shape index (κ1) is 16.8. The van der Waals surface area contributed by atoms with Gasteiger partial charge in [-0.2, -0.15) is 0 Å². The molecule has 1 aliphatic heterocycles. The molecule has 0 atom stereocenters. The van der Waals surface area contributed by atoms with Gasteiger partial charge in [0.05, 0.1) is 31.3 Å². The Morgan fingerprint density at radius 2 is 1.39 bits per heavy atom. The van der Waals surface area contributed by atoms with Crippen LogP contribution in [0, 0.1) is 6.92 Å². The summed E-state index contributed by atoms with van der Waals surface area (Å²) in [5.41, 5.74) is 4.07. The monoisotopic (exact) mass is 315 g/mol. The lowest BCUT2D eigenvalue weighted by Gasteiger charge is -2.30. The molecule has 0 unspecified atom stereocenters. The summed E-state index contributed by atoms with van der Waals surface area (Å²) < 4.78 is 9.87. The number of hydrogen-bond acceptors (Lipinski definition) is 5. The summed E-state index contributed by atoms with van der Waals surface area (Å²) in [6, 6.07) is 7.67. The molecule has 5 nitrogen and oxygen atoms in total. The van der Waals surface area contributed by atoms with Crippen molar-refractivity contribution in [3.8, 4) is 0 Å². The Morgan fingerprint density at radius 1 is 0.913 bits per heavy atom. The highest BCUT2D eigenvalue weighted by Gasteiger charge is 2.37. The van der Waals surface area contributed by atoms with Crippen LogP contribution in [0.3, 0.4) is 0 Å². The fourth-order valence-corrected chi connectivity index (χ4v) is 2.98. The molecule has 122 valence electrons. The van der Waals surface area contributed by atoms with Crippen LogP contribution in [0.1, 0.15) is 30.9 Å². The van der Waals surface area contributed by atoms with Gasteiger partial charge >= 0.3 is 11.9 Å². The number of dihydropyridines is 1. The lowest BCUT2D eigenvalue weighted by atomic mass is 9.79. The molecule has 0 spiro atoms. The molecule has 0 aromatic heterocycles. The van der Waals surface area contributed by atoms with Crippen LogP contribution in [-0.2, 0) is 19.1 Å². The highest BCUT2D eigenvalue weighted by Crippen LogP contribution is 2.40. The van der Waals surface area contributed by atoms with Gasteiger partial charge in [0.1, 0.15) is 0 Å². The quantitative estimate of drug-likeness (QED) is 0.869. The number of allylic oxidation sites excluding steroid dienone is 2. The zero-order valence-corrected chi connectivity index (χ0v) is 14.0. The van der Waals surface area contributed by atoms with Crippen LogP contribution in [0.25, 0.3) is 0 Å². The standard InChI is InChI=1S/C18H21NO4/c1-10-8-6-7-9-13(10)16-14(17(20)22-4)11(2)19-12(3)15(16)18(21)23-5/h6-9,16,19H,1-5H3. The maximum Gasteiger partial charge on any atom is 0.336 e. The van der Waals surface area contributed by atoms with E-state index >= 15 is 0 Å². The molecule has 1 aliphatic rings. The largest absolute Gasteiger partial charge is 0.466 e. The number of rotatable bonds is 3. The molecule has 0 saturated heterocycles. The van der Waals surface area contributed by atoms with Crippen molar-refractivity contribution >= 4 is 11.9 Å². The third-order valence-electron chi connectivity index (χ3n) is 4.07. The number of esters is 2. The lowest BCUT2D eigenvalue weighted by molar-refractivity contribution is -0.137. The molecule has 1 aromatic rings. The van der Waals surface area contributed by atoms with Crippen LogP contribution >= 0.6 is 0 Å². The third kappa shape index (κ3) is 2.99. The summed E-state index contributed by atoms with van der Waals surface area (Å²) in [6.45, 7) is 5.55. The second-order valence-corrected chi connectivity index (χ2v) is 5.48. The minimum absolute atomic E-state index is 0.424. The van der Waals surface area contributed by atoms with Crippen molar-refractivity contribution in [3.05, 3.63) is 57.9 Å². The predicted molar refractivity (Wildman–Crippen MR) is 86.5 cm³/mol. The van der Waals surface area contributed by atoms with Crippen LogP contribution in [0.2, 0.25) is 0 Å². The number of carbonyl (C=O) groups is 2. The van der Waals surface area contributed by atoms with E-state index in [1.54, 1.807) is 13.8 Å². The molecule has 0 bridgehead atoms. The Morgan fingerprint density at radius 3 is 1.83 bits per heavy atom. The van der Waals surface area contributed by atoms with Gasteiger partial charge in [-0.15, -0.1) is 0 Å². The SMILES string of the molecule is COC(=O)C1=C(C)NC(C)=C(C(=O)OC)C1c1ccccc1C. The van der Waals surface area contributed by atoms with Crippen LogP contribution in [0.15, 0.2) is 46.8 Å². The predicted octanol–water partition coefficient (Wildman–Crippen LogP) is 2.58. The molecule has 23 heavy (non-hydrogen) atoms.